The molecule has 1 atom stereocenters. The summed E-state index contributed by atoms with van der Waals surface area (Å²) < 4.78 is 0.271. The Labute approximate surface area is 87.4 Å². The van der Waals surface area contributed by atoms with E-state index in [0.717, 1.165) is 0 Å². The van der Waals surface area contributed by atoms with Crippen molar-refractivity contribution in [1.29, 1.82) is 0 Å². The Morgan fingerprint density at radius 1 is 1.27 bits per heavy atom. The summed E-state index contributed by atoms with van der Waals surface area (Å²) in [4.78, 5) is 0. The van der Waals surface area contributed by atoms with Crippen LogP contribution in [0.15, 0.2) is 0 Å². The van der Waals surface area contributed by atoms with Crippen molar-refractivity contribution in [2.24, 2.45) is 5.41 Å². The van der Waals surface area contributed by atoms with Gasteiger partial charge in [0.05, 0.1) is 3.23 Å². The van der Waals surface area contributed by atoms with Crippen LogP contribution in [0.1, 0.15) is 13.3 Å². The van der Waals surface area contributed by atoms with Crippen LogP contribution in [0, 0.1) is 5.41 Å². The predicted molar refractivity (Wildman–Crippen MR) is 61.5 cm³/mol. The van der Waals surface area contributed by atoms with Crippen molar-refractivity contribution >= 4 is 39.9 Å². The first-order valence-electron chi connectivity index (χ1n) is 4.04. The van der Waals surface area contributed by atoms with E-state index in [2.05, 4.69) is 58.4 Å². The van der Waals surface area contributed by atoms with Gasteiger partial charge in [0.15, 0.2) is 0 Å². The van der Waals surface area contributed by atoms with E-state index in [4.69, 9.17) is 0 Å². The smallest absolute Gasteiger partial charge is 0.0721 e. The zero-order valence-electron chi connectivity index (χ0n) is 7.67. The third-order valence-corrected chi connectivity index (χ3v) is 6.61. The quantitative estimate of drug-likeness (QED) is 0.529. The van der Waals surface area contributed by atoms with E-state index in [9.17, 15) is 0 Å². The third kappa shape index (κ3) is 2.31. The summed E-state index contributed by atoms with van der Waals surface area (Å²) in [6.07, 6.45) is 1.28. The fourth-order valence-corrected chi connectivity index (χ4v) is 6.61. The molecule has 0 aromatic carbocycles. The number of alkyl halides is 2. The zero-order valence-corrected chi connectivity index (χ0v) is 11.8. The van der Waals surface area contributed by atoms with E-state index in [1.165, 1.54) is 12.5 Å². The molecule has 11 heavy (non-hydrogen) atoms. The highest BCUT2D eigenvalue weighted by molar-refractivity contribution is 9.25. The molecule has 3 heteroatoms. The minimum atomic E-state index is -0.879. The van der Waals surface area contributed by atoms with Gasteiger partial charge in [-0.25, -0.2) is 0 Å². The molecule has 66 valence electrons. The van der Waals surface area contributed by atoms with Crippen molar-refractivity contribution in [2.75, 3.05) is 0 Å². The van der Waals surface area contributed by atoms with Gasteiger partial charge < -0.3 is 0 Å². The van der Waals surface area contributed by atoms with Gasteiger partial charge >= 0.3 is 0 Å². The lowest BCUT2D eigenvalue weighted by atomic mass is 10.2. The van der Waals surface area contributed by atoms with E-state index in [1.54, 1.807) is 0 Å². The highest BCUT2D eigenvalue weighted by atomic mass is 79.9. The Balaban J connectivity index is 2.54. The maximum absolute atomic E-state index is 3.70. The number of hydrogen-bond acceptors (Lipinski definition) is 0. The molecule has 0 saturated heterocycles. The van der Waals surface area contributed by atoms with Crippen LogP contribution in [0.3, 0.4) is 0 Å². The molecule has 0 spiro atoms. The fourth-order valence-electron chi connectivity index (χ4n) is 1.81. The lowest BCUT2D eigenvalue weighted by Crippen LogP contribution is -2.25. The largest absolute Gasteiger partial charge is 0.0862 e. The number of hydrogen-bond donors (Lipinski definition) is 0. The first-order valence-corrected chi connectivity index (χ1v) is 9.34. The first kappa shape index (κ1) is 10.3. The molecule has 1 rings (SSSR count). The minimum absolute atomic E-state index is 0.271. The standard InChI is InChI=1S/C8H16Br2Si/c1-7(5-8(7,9)10)6-11(2,3)4/h5-6H2,1-4H3/t7-/m1/s1. The summed E-state index contributed by atoms with van der Waals surface area (Å²) in [6, 6.07) is 1.41. The summed E-state index contributed by atoms with van der Waals surface area (Å²) in [6.45, 7) is 9.68. The summed E-state index contributed by atoms with van der Waals surface area (Å²) >= 11 is 7.40. The average molecular weight is 300 g/mol. The fraction of sp³-hybridized carbons (Fsp3) is 1.00. The zero-order chi connectivity index (χ0) is 8.91. The molecular weight excluding hydrogens is 284 g/mol. The van der Waals surface area contributed by atoms with Crippen molar-refractivity contribution < 1.29 is 0 Å². The summed E-state index contributed by atoms with van der Waals surface area (Å²) in [5.74, 6) is 0. The van der Waals surface area contributed by atoms with Crippen molar-refractivity contribution in [2.45, 2.75) is 42.3 Å². The summed E-state index contributed by atoms with van der Waals surface area (Å²) in [5, 5.41) is 0. The van der Waals surface area contributed by atoms with Crippen LogP contribution in [-0.4, -0.2) is 11.3 Å². The van der Waals surface area contributed by atoms with Gasteiger partial charge in [0, 0.05) is 8.07 Å². The lowest BCUT2D eigenvalue weighted by Gasteiger charge is -2.22. The van der Waals surface area contributed by atoms with Crippen molar-refractivity contribution in [3.8, 4) is 0 Å². The monoisotopic (exact) mass is 298 g/mol. The molecule has 0 amide bonds. The second-order valence-corrected chi connectivity index (χ2v) is 14.4. The molecule has 1 fully saturated rings. The Morgan fingerprint density at radius 3 is 1.73 bits per heavy atom. The second-order valence-electron chi connectivity index (χ2n) is 5.18. The molecule has 0 radical (unpaired) electrons. The molecular formula is C8H16Br2Si. The molecule has 0 aromatic rings. The normalized spacial score (nSPS) is 35.5. The van der Waals surface area contributed by atoms with Gasteiger partial charge in [-0.15, -0.1) is 0 Å². The van der Waals surface area contributed by atoms with Gasteiger partial charge in [-0.05, 0) is 11.8 Å². The Hall–Kier alpha value is 1.18. The van der Waals surface area contributed by atoms with Crippen LogP contribution in [0.5, 0.6) is 0 Å². The van der Waals surface area contributed by atoms with E-state index in [0.29, 0.717) is 5.41 Å². The predicted octanol–water partition coefficient (Wildman–Crippen LogP) is 4.22. The molecule has 1 aliphatic carbocycles. The van der Waals surface area contributed by atoms with Crippen molar-refractivity contribution in [3.63, 3.8) is 0 Å². The summed E-state index contributed by atoms with van der Waals surface area (Å²) in [7, 11) is -0.879. The van der Waals surface area contributed by atoms with Crippen LogP contribution in [0.4, 0.5) is 0 Å². The minimum Gasteiger partial charge on any atom is -0.0721 e. The molecule has 0 bridgehead atoms. The average Bonchev–Trinajstić information content (AvgIpc) is 1.96. The van der Waals surface area contributed by atoms with Crippen LogP contribution < -0.4 is 0 Å². The van der Waals surface area contributed by atoms with Crippen molar-refractivity contribution in [3.05, 3.63) is 0 Å². The molecule has 0 N–H and O–H groups in total. The van der Waals surface area contributed by atoms with E-state index < -0.39 is 8.07 Å². The van der Waals surface area contributed by atoms with Gasteiger partial charge in [0.25, 0.3) is 0 Å². The Kier molecular flexibility index (Phi) is 2.41. The second kappa shape index (κ2) is 2.58. The van der Waals surface area contributed by atoms with Gasteiger partial charge in [-0.1, -0.05) is 64.5 Å². The molecule has 1 saturated carbocycles. The molecule has 1 aliphatic rings. The Morgan fingerprint density at radius 2 is 1.64 bits per heavy atom. The number of halogens is 2. The molecule has 0 aliphatic heterocycles. The van der Waals surface area contributed by atoms with E-state index >= 15 is 0 Å². The van der Waals surface area contributed by atoms with Crippen LogP contribution in [-0.2, 0) is 0 Å². The molecule has 0 nitrogen and oxygen atoms in total. The molecule has 0 aromatic heterocycles. The van der Waals surface area contributed by atoms with Crippen LogP contribution in [0.25, 0.3) is 0 Å². The highest BCUT2D eigenvalue weighted by Crippen LogP contribution is 2.69. The molecule has 0 unspecified atom stereocenters. The topological polar surface area (TPSA) is 0 Å². The highest BCUT2D eigenvalue weighted by Gasteiger charge is 2.62. The van der Waals surface area contributed by atoms with Crippen molar-refractivity contribution in [1.82, 2.24) is 0 Å². The molecule has 0 heterocycles. The van der Waals surface area contributed by atoms with Gasteiger partial charge in [-0.3, -0.25) is 0 Å². The van der Waals surface area contributed by atoms with Gasteiger partial charge in [0.1, 0.15) is 0 Å². The van der Waals surface area contributed by atoms with E-state index in [-0.39, 0.29) is 3.23 Å². The SMILES string of the molecule is C[C@]1(C[Si](C)(C)C)CC1(Br)Br. The Bertz CT molecular complexity index is 171. The number of rotatable bonds is 2. The van der Waals surface area contributed by atoms with Gasteiger partial charge in [-0.2, -0.15) is 0 Å². The van der Waals surface area contributed by atoms with Gasteiger partial charge in [0.2, 0.25) is 0 Å². The lowest BCUT2D eigenvalue weighted by molar-refractivity contribution is 0.638. The maximum Gasteiger partial charge on any atom is 0.0862 e. The summed E-state index contributed by atoms with van der Waals surface area (Å²) in [5.41, 5.74) is 0.525. The van der Waals surface area contributed by atoms with E-state index in [1.807, 2.05) is 0 Å². The third-order valence-electron chi connectivity index (χ3n) is 2.29. The van der Waals surface area contributed by atoms with Crippen LogP contribution >= 0.6 is 31.9 Å². The maximum atomic E-state index is 3.70. The van der Waals surface area contributed by atoms with Crippen LogP contribution in [0.2, 0.25) is 25.7 Å². The first-order chi connectivity index (χ1) is 4.66.